The molecule has 66 valence electrons. The lowest BCUT2D eigenvalue weighted by atomic mass is 10.2. The van der Waals surface area contributed by atoms with Gasteiger partial charge in [0.05, 0.1) is 6.26 Å². The van der Waals surface area contributed by atoms with E-state index in [1.165, 1.54) is 11.1 Å². The minimum Gasteiger partial charge on any atom is -0.469 e. The predicted octanol–water partition coefficient (Wildman–Crippen LogP) is 3.32. The predicted molar refractivity (Wildman–Crippen MR) is 51.6 cm³/mol. The van der Waals surface area contributed by atoms with Crippen LogP contribution in [0.25, 0.3) is 0 Å². The summed E-state index contributed by atoms with van der Waals surface area (Å²) in [5.74, 6) is 1.62. The molecule has 0 amide bonds. The average Bonchev–Trinajstić information content (AvgIpc) is 2.47. The van der Waals surface area contributed by atoms with Crippen LogP contribution in [0.3, 0.4) is 0 Å². The summed E-state index contributed by atoms with van der Waals surface area (Å²) < 4.78 is 5.27. The molecule has 0 aliphatic rings. The van der Waals surface area contributed by atoms with Crippen molar-refractivity contribution in [2.75, 3.05) is 5.88 Å². The lowest BCUT2D eigenvalue weighted by Gasteiger charge is -1.94. The van der Waals surface area contributed by atoms with Crippen LogP contribution in [0.2, 0.25) is 0 Å². The van der Waals surface area contributed by atoms with Gasteiger partial charge < -0.3 is 4.42 Å². The Balaban J connectivity index is 2.59. The maximum Gasteiger partial charge on any atom is 0.110 e. The lowest BCUT2D eigenvalue weighted by molar-refractivity contribution is 0.520. The first kappa shape index (κ1) is 9.40. The quantitative estimate of drug-likeness (QED) is 0.519. The second kappa shape index (κ2) is 4.36. The fraction of sp³-hybridized carbons (Fsp3) is 0.400. The third kappa shape index (κ3) is 2.42. The Labute approximate surface area is 78.0 Å². The Morgan fingerprint density at radius 3 is 2.92 bits per heavy atom. The van der Waals surface area contributed by atoms with Gasteiger partial charge in [0.15, 0.2) is 0 Å². The lowest BCUT2D eigenvalue weighted by Crippen LogP contribution is -1.83. The Morgan fingerprint density at radius 1 is 1.67 bits per heavy atom. The van der Waals surface area contributed by atoms with Crippen molar-refractivity contribution in [2.24, 2.45) is 0 Å². The highest BCUT2D eigenvalue weighted by atomic mass is 35.5. The first-order valence-corrected chi connectivity index (χ1v) is 4.52. The molecule has 0 aliphatic heterocycles. The van der Waals surface area contributed by atoms with Gasteiger partial charge in [-0.05, 0) is 25.5 Å². The molecule has 1 heterocycles. The molecule has 0 aromatic carbocycles. The summed E-state index contributed by atoms with van der Waals surface area (Å²) in [4.78, 5) is 0. The monoisotopic (exact) mass is 184 g/mol. The second-order valence-corrected chi connectivity index (χ2v) is 3.18. The molecule has 2 heteroatoms. The Bertz CT molecular complexity index is 273. The van der Waals surface area contributed by atoms with Crippen molar-refractivity contribution in [3.05, 3.63) is 35.3 Å². The normalized spacial score (nSPS) is 12.1. The highest BCUT2D eigenvalue weighted by Crippen LogP contribution is 2.11. The van der Waals surface area contributed by atoms with Crippen molar-refractivity contribution < 1.29 is 4.42 Å². The minimum atomic E-state index is 0.597. The highest BCUT2D eigenvalue weighted by Gasteiger charge is 1.98. The van der Waals surface area contributed by atoms with E-state index >= 15 is 0 Å². The first-order chi connectivity index (χ1) is 5.74. The zero-order valence-corrected chi connectivity index (χ0v) is 8.19. The van der Waals surface area contributed by atoms with Crippen molar-refractivity contribution in [3.8, 4) is 0 Å². The highest BCUT2D eigenvalue weighted by molar-refractivity contribution is 6.19. The van der Waals surface area contributed by atoms with E-state index in [0.29, 0.717) is 5.88 Å². The molecule has 0 unspecified atom stereocenters. The van der Waals surface area contributed by atoms with Crippen molar-refractivity contribution >= 4 is 11.6 Å². The maximum atomic E-state index is 5.63. The van der Waals surface area contributed by atoms with Gasteiger partial charge in [0.2, 0.25) is 0 Å². The van der Waals surface area contributed by atoms with Crippen LogP contribution >= 0.6 is 11.6 Å². The van der Waals surface area contributed by atoms with Crippen molar-refractivity contribution in [1.82, 2.24) is 0 Å². The summed E-state index contributed by atoms with van der Waals surface area (Å²) in [7, 11) is 0. The summed E-state index contributed by atoms with van der Waals surface area (Å²) in [5.41, 5.74) is 2.39. The first-order valence-electron chi connectivity index (χ1n) is 3.98. The molecular formula is C10H13ClO. The summed E-state index contributed by atoms with van der Waals surface area (Å²) >= 11 is 5.63. The van der Waals surface area contributed by atoms with Gasteiger partial charge in [0.1, 0.15) is 5.76 Å². The van der Waals surface area contributed by atoms with Crippen LogP contribution in [-0.2, 0) is 6.42 Å². The topological polar surface area (TPSA) is 13.1 Å². The standard InChI is InChI=1S/C10H13ClO/c1-8(7-11)3-4-10-9(2)5-6-12-10/h3,5-6H,4,7H2,1-2H3/b8-3-. The van der Waals surface area contributed by atoms with Gasteiger partial charge in [0, 0.05) is 12.3 Å². The van der Waals surface area contributed by atoms with E-state index in [9.17, 15) is 0 Å². The fourth-order valence-corrected chi connectivity index (χ4v) is 1.04. The number of hydrogen-bond donors (Lipinski definition) is 0. The summed E-state index contributed by atoms with van der Waals surface area (Å²) in [6.07, 6.45) is 4.66. The molecule has 0 atom stereocenters. The van der Waals surface area contributed by atoms with Crippen molar-refractivity contribution in [3.63, 3.8) is 0 Å². The largest absolute Gasteiger partial charge is 0.469 e. The minimum absolute atomic E-state index is 0.597. The van der Waals surface area contributed by atoms with Gasteiger partial charge >= 0.3 is 0 Å². The molecule has 1 rings (SSSR count). The van der Waals surface area contributed by atoms with E-state index in [1.807, 2.05) is 19.9 Å². The molecule has 0 radical (unpaired) electrons. The zero-order chi connectivity index (χ0) is 8.97. The van der Waals surface area contributed by atoms with Gasteiger partial charge in [-0.2, -0.15) is 0 Å². The zero-order valence-electron chi connectivity index (χ0n) is 7.43. The number of allylic oxidation sites excluding steroid dienone is 2. The number of halogens is 1. The molecule has 1 aromatic heterocycles. The number of alkyl halides is 1. The van der Waals surface area contributed by atoms with Gasteiger partial charge in [-0.25, -0.2) is 0 Å². The van der Waals surface area contributed by atoms with E-state index in [0.717, 1.165) is 12.2 Å². The molecule has 1 nitrogen and oxygen atoms in total. The van der Waals surface area contributed by atoms with E-state index in [2.05, 4.69) is 6.08 Å². The molecule has 0 bridgehead atoms. The summed E-state index contributed by atoms with van der Waals surface area (Å²) in [6.45, 7) is 4.06. The van der Waals surface area contributed by atoms with Crippen LogP contribution in [0.5, 0.6) is 0 Å². The van der Waals surface area contributed by atoms with Crippen LogP contribution in [-0.4, -0.2) is 5.88 Å². The third-order valence-electron chi connectivity index (χ3n) is 1.81. The van der Waals surface area contributed by atoms with Gasteiger partial charge in [-0.1, -0.05) is 11.6 Å². The van der Waals surface area contributed by atoms with E-state index < -0.39 is 0 Å². The molecule has 0 fully saturated rings. The molecule has 0 aliphatic carbocycles. The third-order valence-corrected chi connectivity index (χ3v) is 2.24. The molecule has 0 spiro atoms. The summed E-state index contributed by atoms with van der Waals surface area (Å²) in [6, 6.07) is 1.97. The molecule has 1 aromatic rings. The Hall–Kier alpha value is -0.690. The number of aryl methyl sites for hydroxylation is 1. The molecule has 0 saturated heterocycles. The summed E-state index contributed by atoms with van der Waals surface area (Å²) in [5, 5.41) is 0. The van der Waals surface area contributed by atoms with Gasteiger partial charge in [0.25, 0.3) is 0 Å². The second-order valence-electron chi connectivity index (χ2n) is 2.92. The number of hydrogen-bond acceptors (Lipinski definition) is 1. The van der Waals surface area contributed by atoms with E-state index in [1.54, 1.807) is 6.26 Å². The Morgan fingerprint density at radius 2 is 2.42 bits per heavy atom. The fourth-order valence-electron chi connectivity index (χ4n) is 0.935. The van der Waals surface area contributed by atoms with Crippen LogP contribution in [0.15, 0.2) is 28.4 Å². The molecular weight excluding hydrogens is 172 g/mol. The smallest absolute Gasteiger partial charge is 0.110 e. The SMILES string of the molecule is C/C(=C/Cc1occc1C)CCl. The van der Waals surface area contributed by atoms with Crippen LogP contribution in [0.4, 0.5) is 0 Å². The van der Waals surface area contributed by atoms with Crippen molar-refractivity contribution in [2.45, 2.75) is 20.3 Å². The van der Waals surface area contributed by atoms with Crippen molar-refractivity contribution in [1.29, 1.82) is 0 Å². The van der Waals surface area contributed by atoms with Gasteiger partial charge in [-0.15, -0.1) is 11.6 Å². The molecule has 12 heavy (non-hydrogen) atoms. The van der Waals surface area contributed by atoms with E-state index in [-0.39, 0.29) is 0 Å². The molecule has 0 N–H and O–H groups in total. The number of rotatable bonds is 3. The average molecular weight is 185 g/mol. The van der Waals surface area contributed by atoms with Crippen LogP contribution in [0, 0.1) is 6.92 Å². The van der Waals surface area contributed by atoms with Gasteiger partial charge in [-0.3, -0.25) is 0 Å². The van der Waals surface area contributed by atoms with Crippen LogP contribution in [0.1, 0.15) is 18.2 Å². The Kier molecular flexibility index (Phi) is 3.42. The molecule has 0 saturated carbocycles. The maximum absolute atomic E-state index is 5.63. The van der Waals surface area contributed by atoms with E-state index in [4.69, 9.17) is 16.0 Å². The number of furan rings is 1. The van der Waals surface area contributed by atoms with Crippen LogP contribution < -0.4 is 0 Å².